The second-order valence-corrected chi connectivity index (χ2v) is 5.57. The van der Waals surface area contributed by atoms with E-state index in [4.69, 9.17) is 5.73 Å². The minimum atomic E-state index is 0.0118. The van der Waals surface area contributed by atoms with E-state index < -0.39 is 0 Å². The predicted molar refractivity (Wildman–Crippen MR) is 84.3 cm³/mol. The lowest BCUT2D eigenvalue weighted by Crippen LogP contribution is -2.26. The molecule has 0 radical (unpaired) electrons. The van der Waals surface area contributed by atoms with E-state index in [1.165, 1.54) is 11.1 Å². The summed E-state index contributed by atoms with van der Waals surface area (Å²) in [7, 11) is 0. The summed E-state index contributed by atoms with van der Waals surface area (Å²) in [6.45, 7) is 0.631. The van der Waals surface area contributed by atoms with Crippen LogP contribution in [0, 0.1) is 0 Å². The zero-order valence-electron chi connectivity index (χ0n) is 12.0. The zero-order valence-corrected chi connectivity index (χ0v) is 12.0. The fourth-order valence-corrected chi connectivity index (χ4v) is 2.66. The fraction of sp³-hybridized carbons (Fsp3) is 0.278. The summed E-state index contributed by atoms with van der Waals surface area (Å²) < 4.78 is 0. The topological polar surface area (TPSA) is 55.1 Å². The van der Waals surface area contributed by atoms with Crippen molar-refractivity contribution in [3.63, 3.8) is 0 Å². The van der Waals surface area contributed by atoms with Gasteiger partial charge in [-0.3, -0.25) is 4.79 Å². The van der Waals surface area contributed by atoms with Gasteiger partial charge in [0.15, 0.2) is 0 Å². The molecule has 2 unspecified atom stereocenters. The van der Waals surface area contributed by atoms with Crippen molar-refractivity contribution in [3.8, 4) is 0 Å². The van der Waals surface area contributed by atoms with Crippen LogP contribution < -0.4 is 11.1 Å². The molecule has 0 spiro atoms. The number of nitrogens with one attached hydrogen (secondary N) is 1. The van der Waals surface area contributed by atoms with Crippen LogP contribution in [-0.2, 0) is 6.42 Å². The van der Waals surface area contributed by atoms with Gasteiger partial charge in [0, 0.05) is 17.5 Å². The minimum Gasteiger partial charge on any atom is -0.349 e. The van der Waals surface area contributed by atoms with Gasteiger partial charge in [-0.25, -0.2) is 0 Å². The summed E-state index contributed by atoms with van der Waals surface area (Å²) in [6, 6.07) is 18.3. The molecule has 1 fully saturated rings. The molecular formula is C18H20N2O. The maximum absolute atomic E-state index is 12.2. The molecule has 2 aromatic rings. The molecule has 3 rings (SSSR count). The van der Waals surface area contributed by atoms with E-state index >= 15 is 0 Å². The molecule has 0 bridgehead atoms. The lowest BCUT2D eigenvalue weighted by molar-refractivity contribution is 0.0950. The Hall–Kier alpha value is -2.13. The number of hydrogen-bond donors (Lipinski definition) is 2. The van der Waals surface area contributed by atoms with Crippen molar-refractivity contribution in [2.24, 2.45) is 5.73 Å². The molecule has 2 atom stereocenters. The third-order valence-electron chi connectivity index (χ3n) is 3.98. The first-order valence-electron chi connectivity index (χ1n) is 7.43. The van der Waals surface area contributed by atoms with Gasteiger partial charge in [0.1, 0.15) is 0 Å². The highest BCUT2D eigenvalue weighted by atomic mass is 16.1. The SMILES string of the molecule is NCCc1ccc(C(=O)NC2CC2c2ccccc2)cc1. The fourth-order valence-electron chi connectivity index (χ4n) is 2.66. The lowest BCUT2D eigenvalue weighted by atomic mass is 10.1. The van der Waals surface area contributed by atoms with Crippen molar-refractivity contribution >= 4 is 5.91 Å². The van der Waals surface area contributed by atoms with Gasteiger partial charge in [-0.05, 0) is 42.6 Å². The van der Waals surface area contributed by atoms with Gasteiger partial charge < -0.3 is 11.1 Å². The molecule has 108 valence electrons. The molecule has 1 aliphatic carbocycles. The van der Waals surface area contributed by atoms with Crippen LogP contribution in [0.25, 0.3) is 0 Å². The van der Waals surface area contributed by atoms with Gasteiger partial charge >= 0.3 is 0 Å². The summed E-state index contributed by atoms with van der Waals surface area (Å²) in [6.07, 6.45) is 1.88. The van der Waals surface area contributed by atoms with E-state index in [0.717, 1.165) is 18.4 Å². The van der Waals surface area contributed by atoms with E-state index in [-0.39, 0.29) is 11.9 Å². The predicted octanol–water partition coefficient (Wildman–Crippen LogP) is 2.47. The normalized spacial score (nSPS) is 20.0. The van der Waals surface area contributed by atoms with E-state index in [1.54, 1.807) is 0 Å². The van der Waals surface area contributed by atoms with Gasteiger partial charge in [-0.15, -0.1) is 0 Å². The van der Waals surface area contributed by atoms with Crippen LogP contribution in [0.15, 0.2) is 54.6 Å². The third-order valence-corrected chi connectivity index (χ3v) is 3.98. The van der Waals surface area contributed by atoms with Gasteiger partial charge in [0.05, 0.1) is 0 Å². The maximum Gasteiger partial charge on any atom is 0.251 e. The van der Waals surface area contributed by atoms with Crippen molar-refractivity contribution < 1.29 is 4.79 Å². The molecule has 0 heterocycles. The van der Waals surface area contributed by atoms with Gasteiger partial charge in [0.2, 0.25) is 0 Å². The Morgan fingerprint density at radius 1 is 1.10 bits per heavy atom. The van der Waals surface area contributed by atoms with Crippen LogP contribution in [0.2, 0.25) is 0 Å². The largest absolute Gasteiger partial charge is 0.349 e. The second kappa shape index (κ2) is 6.10. The summed E-state index contributed by atoms with van der Waals surface area (Å²) in [5.41, 5.74) is 8.72. The Kier molecular flexibility index (Phi) is 4.02. The highest BCUT2D eigenvalue weighted by molar-refractivity contribution is 5.94. The Morgan fingerprint density at radius 3 is 2.48 bits per heavy atom. The minimum absolute atomic E-state index is 0.0118. The van der Waals surface area contributed by atoms with Crippen LogP contribution in [0.1, 0.15) is 33.8 Å². The standard InChI is InChI=1S/C18H20N2O/c19-11-10-13-6-8-15(9-7-13)18(21)20-17-12-16(17)14-4-2-1-3-5-14/h1-9,16-17H,10-12,19H2,(H,20,21). The Bertz CT molecular complexity index is 607. The molecule has 1 saturated carbocycles. The third kappa shape index (κ3) is 3.31. The smallest absolute Gasteiger partial charge is 0.251 e. The molecule has 3 N–H and O–H groups in total. The first-order chi connectivity index (χ1) is 10.3. The van der Waals surface area contributed by atoms with E-state index in [2.05, 4.69) is 17.4 Å². The lowest BCUT2D eigenvalue weighted by Gasteiger charge is -2.06. The molecule has 0 aromatic heterocycles. The average Bonchev–Trinajstić information content (AvgIpc) is 3.28. The van der Waals surface area contributed by atoms with Gasteiger partial charge in [0.25, 0.3) is 5.91 Å². The second-order valence-electron chi connectivity index (χ2n) is 5.57. The van der Waals surface area contributed by atoms with Crippen LogP contribution in [0.5, 0.6) is 0 Å². The molecule has 0 aliphatic heterocycles. The Balaban J connectivity index is 1.58. The van der Waals surface area contributed by atoms with Crippen molar-refractivity contribution in [3.05, 3.63) is 71.3 Å². The average molecular weight is 280 g/mol. The molecule has 1 amide bonds. The molecular weight excluding hydrogens is 260 g/mol. The molecule has 1 aliphatic rings. The van der Waals surface area contributed by atoms with E-state index in [1.807, 2.05) is 42.5 Å². The summed E-state index contributed by atoms with van der Waals surface area (Å²) in [4.78, 5) is 12.2. The van der Waals surface area contributed by atoms with Crippen molar-refractivity contribution in [2.75, 3.05) is 6.54 Å². The summed E-state index contributed by atoms with van der Waals surface area (Å²) in [5, 5.41) is 3.11. The Labute approximate surface area is 125 Å². The number of benzene rings is 2. The number of carbonyl (C=O) groups excluding carboxylic acids is 1. The van der Waals surface area contributed by atoms with E-state index in [0.29, 0.717) is 12.5 Å². The highest BCUT2D eigenvalue weighted by Crippen LogP contribution is 2.40. The van der Waals surface area contributed by atoms with Crippen LogP contribution >= 0.6 is 0 Å². The first-order valence-corrected chi connectivity index (χ1v) is 7.43. The maximum atomic E-state index is 12.2. The summed E-state index contributed by atoms with van der Waals surface area (Å²) in [5.74, 6) is 0.476. The first kappa shape index (κ1) is 13.8. The number of rotatable bonds is 5. The van der Waals surface area contributed by atoms with E-state index in [9.17, 15) is 4.79 Å². The van der Waals surface area contributed by atoms with Crippen molar-refractivity contribution in [1.29, 1.82) is 0 Å². The molecule has 2 aromatic carbocycles. The molecule has 0 saturated heterocycles. The van der Waals surface area contributed by atoms with Crippen molar-refractivity contribution in [2.45, 2.75) is 24.8 Å². The molecule has 21 heavy (non-hydrogen) atoms. The van der Waals surface area contributed by atoms with Crippen LogP contribution in [0.3, 0.4) is 0 Å². The van der Waals surface area contributed by atoms with Crippen LogP contribution in [0.4, 0.5) is 0 Å². The quantitative estimate of drug-likeness (QED) is 0.884. The molecule has 3 heteroatoms. The van der Waals surface area contributed by atoms with Gasteiger partial charge in [-0.2, -0.15) is 0 Å². The van der Waals surface area contributed by atoms with Crippen LogP contribution in [-0.4, -0.2) is 18.5 Å². The number of carbonyl (C=O) groups is 1. The zero-order chi connectivity index (χ0) is 14.7. The number of hydrogen-bond acceptors (Lipinski definition) is 2. The van der Waals surface area contributed by atoms with Crippen molar-refractivity contribution in [1.82, 2.24) is 5.32 Å². The monoisotopic (exact) mass is 280 g/mol. The Morgan fingerprint density at radius 2 is 1.81 bits per heavy atom. The van der Waals surface area contributed by atoms with Gasteiger partial charge in [-0.1, -0.05) is 42.5 Å². The number of nitrogens with two attached hydrogens (primary N) is 1. The highest BCUT2D eigenvalue weighted by Gasteiger charge is 2.39. The molecule has 3 nitrogen and oxygen atoms in total. The summed E-state index contributed by atoms with van der Waals surface area (Å²) >= 11 is 0. The number of amides is 1.